The molecule has 0 N–H and O–H groups in total. The molecule has 0 unspecified atom stereocenters. The van der Waals surface area contributed by atoms with E-state index in [0.29, 0.717) is 5.69 Å². The number of aromatic nitrogens is 1. The highest BCUT2D eigenvalue weighted by molar-refractivity contribution is 7.15. The average Bonchev–Trinajstić information content (AvgIpc) is 2.82. The first kappa shape index (κ1) is 13.5. The lowest BCUT2D eigenvalue weighted by Gasteiger charge is -2.19. The van der Waals surface area contributed by atoms with Crippen LogP contribution >= 0.6 is 11.3 Å². The Hall–Kier alpha value is -1.88. The summed E-state index contributed by atoms with van der Waals surface area (Å²) in [5, 5.41) is 0.812. The molecule has 0 aliphatic heterocycles. The summed E-state index contributed by atoms with van der Waals surface area (Å²) >= 11 is 1.50. The van der Waals surface area contributed by atoms with Crippen molar-refractivity contribution in [1.29, 1.82) is 0 Å². The third-order valence-electron chi connectivity index (χ3n) is 2.78. The fourth-order valence-electron chi connectivity index (χ4n) is 1.82. The molecular weight excluding hydrogens is 260 g/mol. The van der Waals surface area contributed by atoms with Crippen molar-refractivity contribution in [3.8, 4) is 0 Å². The number of hydrogen-bond donors (Lipinski definition) is 0. The average molecular weight is 276 g/mol. The van der Waals surface area contributed by atoms with Crippen molar-refractivity contribution in [2.75, 3.05) is 18.6 Å². The van der Waals surface area contributed by atoms with Crippen molar-refractivity contribution in [2.24, 2.45) is 0 Å². The van der Waals surface area contributed by atoms with Gasteiger partial charge < -0.3 is 9.64 Å². The zero-order valence-corrected chi connectivity index (χ0v) is 12.0. The summed E-state index contributed by atoms with van der Waals surface area (Å²) < 4.78 is 4.74. The van der Waals surface area contributed by atoms with Gasteiger partial charge in [-0.05, 0) is 26.0 Å². The smallest absolute Gasteiger partial charge is 0.357 e. The monoisotopic (exact) mass is 276 g/mol. The molecule has 0 aliphatic rings. The van der Waals surface area contributed by atoms with Crippen LogP contribution in [0.3, 0.4) is 0 Å². The van der Waals surface area contributed by atoms with Crippen LogP contribution in [-0.2, 0) is 4.74 Å². The first-order valence-corrected chi connectivity index (χ1v) is 6.87. The second kappa shape index (κ2) is 5.84. The second-order valence-corrected chi connectivity index (χ2v) is 5.15. The van der Waals surface area contributed by atoms with Crippen molar-refractivity contribution in [2.45, 2.75) is 13.8 Å². The molecule has 0 fully saturated rings. The third kappa shape index (κ3) is 2.76. The first-order chi connectivity index (χ1) is 9.17. The Morgan fingerprint density at radius 2 is 2.05 bits per heavy atom. The van der Waals surface area contributed by atoms with Crippen molar-refractivity contribution < 1.29 is 9.53 Å². The van der Waals surface area contributed by atoms with Gasteiger partial charge in [-0.15, -0.1) is 11.3 Å². The van der Waals surface area contributed by atoms with Crippen LogP contribution in [0.1, 0.15) is 22.3 Å². The molecule has 0 saturated heterocycles. The molecule has 2 aromatic rings. The van der Waals surface area contributed by atoms with Crippen LogP contribution in [0.5, 0.6) is 0 Å². The second-order valence-electron chi connectivity index (χ2n) is 3.97. The molecule has 4 nitrogen and oxygen atoms in total. The van der Waals surface area contributed by atoms with E-state index in [2.05, 4.69) is 16.8 Å². The molecule has 0 spiro atoms. The summed E-state index contributed by atoms with van der Waals surface area (Å²) in [6.45, 7) is 4.73. The van der Waals surface area contributed by atoms with Crippen molar-refractivity contribution in [1.82, 2.24) is 4.98 Å². The SMILES string of the molecule is CCN(c1ccccc1)c1nc(C(=O)OC)c(C)s1. The fraction of sp³-hybridized carbons (Fsp3) is 0.286. The minimum atomic E-state index is -0.385. The van der Waals surface area contributed by atoms with Gasteiger partial charge in [-0.3, -0.25) is 0 Å². The highest BCUT2D eigenvalue weighted by Gasteiger charge is 2.19. The van der Waals surface area contributed by atoms with Gasteiger partial charge in [0.2, 0.25) is 0 Å². The standard InChI is InChI=1S/C14H16N2O2S/c1-4-16(11-8-6-5-7-9-11)14-15-12(10(2)19-14)13(17)18-3/h5-9H,4H2,1-3H3. The van der Waals surface area contributed by atoms with Crippen molar-refractivity contribution >= 4 is 28.1 Å². The van der Waals surface area contributed by atoms with Crippen molar-refractivity contribution in [3.63, 3.8) is 0 Å². The minimum Gasteiger partial charge on any atom is -0.464 e. The summed E-state index contributed by atoms with van der Waals surface area (Å²) in [6.07, 6.45) is 0. The summed E-state index contributed by atoms with van der Waals surface area (Å²) in [4.78, 5) is 18.9. The normalized spacial score (nSPS) is 10.3. The summed E-state index contributed by atoms with van der Waals surface area (Å²) in [5.74, 6) is -0.385. The summed E-state index contributed by atoms with van der Waals surface area (Å²) in [7, 11) is 1.37. The summed E-state index contributed by atoms with van der Waals surface area (Å²) in [5.41, 5.74) is 1.46. The van der Waals surface area contributed by atoms with Crippen LogP contribution in [0.25, 0.3) is 0 Å². The Labute approximate surface area is 116 Å². The maximum absolute atomic E-state index is 11.6. The van der Waals surface area contributed by atoms with Crippen LogP contribution < -0.4 is 4.90 Å². The number of aryl methyl sites for hydroxylation is 1. The lowest BCUT2D eigenvalue weighted by Crippen LogP contribution is -2.16. The van der Waals surface area contributed by atoms with Gasteiger partial charge in [-0.2, -0.15) is 0 Å². The Morgan fingerprint density at radius 1 is 1.37 bits per heavy atom. The van der Waals surface area contributed by atoms with E-state index in [9.17, 15) is 4.79 Å². The number of carbonyl (C=O) groups excluding carboxylic acids is 1. The maximum Gasteiger partial charge on any atom is 0.357 e. The molecule has 0 bridgehead atoms. The van der Waals surface area contributed by atoms with E-state index >= 15 is 0 Å². The quantitative estimate of drug-likeness (QED) is 0.803. The van der Waals surface area contributed by atoms with E-state index < -0.39 is 0 Å². The minimum absolute atomic E-state index is 0.385. The van der Waals surface area contributed by atoms with Gasteiger partial charge >= 0.3 is 5.97 Å². The van der Waals surface area contributed by atoms with E-state index in [-0.39, 0.29) is 5.97 Å². The zero-order valence-electron chi connectivity index (χ0n) is 11.2. The van der Waals surface area contributed by atoms with Gasteiger partial charge in [0.05, 0.1) is 7.11 Å². The van der Waals surface area contributed by atoms with E-state index in [1.807, 2.05) is 37.3 Å². The molecule has 1 aromatic heterocycles. The van der Waals surface area contributed by atoms with Crippen LogP contribution in [0.4, 0.5) is 10.8 Å². The number of methoxy groups -OCH3 is 1. The van der Waals surface area contributed by atoms with E-state index in [1.54, 1.807) is 0 Å². The number of ether oxygens (including phenoxy) is 1. The first-order valence-electron chi connectivity index (χ1n) is 6.05. The molecule has 1 aromatic carbocycles. The highest BCUT2D eigenvalue weighted by Crippen LogP contribution is 2.31. The maximum atomic E-state index is 11.6. The molecule has 5 heteroatoms. The summed E-state index contributed by atoms with van der Waals surface area (Å²) in [6, 6.07) is 10.00. The lowest BCUT2D eigenvalue weighted by atomic mass is 10.3. The van der Waals surface area contributed by atoms with Gasteiger partial charge in [-0.25, -0.2) is 9.78 Å². The van der Waals surface area contributed by atoms with Gasteiger partial charge in [0.15, 0.2) is 10.8 Å². The molecular formula is C14H16N2O2S. The number of benzene rings is 1. The molecule has 19 heavy (non-hydrogen) atoms. The predicted molar refractivity (Wildman–Crippen MR) is 77.3 cm³/mol. The third-order valence-corrected chi connectivity index (χ3v) is 3.77. The van der Waals surface area contributed by atoms with Gasteiger partial charge in [0.1, 0.15) is 0 Å². The number of carbonyl (C=O) groups is 1. The number of nitrogens with zero attached hydrogens (tertiary/aromatic N) is 2. The molecule has 2 rings (SSSR count). The van der Waals surface area contributed by atoms with Gasteiger partial charge in [0, 0.05) is 17.1 Å². The fourth-order valence-corrected chi connectivity index (χ4v) is 2.80. The zero-order chi connectivity index (χ0) is 13.8. The molecule has 100 valence electrons. The largest absolute Gasteiger partial charge is 0.464 e. The van der Waals surface area contributed by atoms with E-state index in [1.165, 1.54) is 18.4 Å². The Morgan fingerprint density at radius 3 is 2.63 bits per heavy atom. The Kier molecular flexibility index (Phi) is 4.16. The molecule has 0 amide bonds. The number of hydrogen-bond acceptors (Lipinski definition) is 5. The number of para-hydroxylation sites is 1. The number of esters is 1. The molecule has 0 saturated carbocycles. The predicted octanol–water partition coefficient (Wildman–Crippen LogP) is 3.40. The van der Waals surface area contributed by atoms with Crippen LogP contribution in [0.2, 0.25) is 0 Å². The molecule has 1 heterocycles. The van der Waals surface area contributed by atoms with Crippen LogP contribution in [0.15, 0.2) is 30.3 Å². The lowest BCUT2D eigenvalue weighted by molar-refractivity contribution is 0.0594. The van der Waals surface area contributed by atoms with Gasteiger partial charge in [0.25, 0.3) is 0 Å². The molecule has 0 radical (unpaired) electrons. The van der Waals surface area contributed by atoms with Crippen molar-refractivity contribution in [3.05, 3.63) is 40.9 Å². The molecule has 0 aliphatic carbocycles. The number of thiazole rings is 1. The number of anilines is 2. The Balaban J connectivity index is 2.37. The van der Waals surface area contributed by atoms with Crippen LogP contribution in [-0.4, -0.2) is 24.6 Å². The Bertz CT molecular complexity index is 566. The van der Waals surface area contributed by atoms with Crippen LogP contribution in [0, 0.1) is 6.92 Å². The number of rotatable bonds is 4. The van der Waals surface area contributed by atoms with E-state index in [4.69, 9.17) is 4.74 Å². The highest BCUT2D eigenvalue weighted by atomic mass is 32.1. The topological polar surface area (TPSA) is 42.4 Å². The van der Waals surface area contributed by atoms with E-state index in [0.717, 1.165) is 22.2 Å². The molecule has 0 atom stereocenters. The van der Waals surface area contributed by atoms with Gasteiger partial charge in [-0.1, -0.05) is 18.2 Å².